The monoisotopic (exact) mass is 387 g/mol. The topological polar surface area (TPSA) is 45.2 Å². The highest BCUT2D eigenvalue weighted by Gasteiger charge is 2.44. The van der Waals surface area contributed by atoms with Gasteiger partial charge in [0.2, 0.25) is 0 Å². The van der Waals surface area contributed by atoms with Gasteiger partial charge in [0.1, 0.15) is 5.75 Å². The van der Waals surface area contributed by atoms with Gasteiger partial charge < -0.3 is 19.3 Å². The standard InChI is InChI=1S/C22H33N3O3/c1-3-28-22(26)25-18-8-9-19(25)15-17(14-18)16-23-10-12-24(13-11-23)20-6-4-5-7-21(20)27-2/h4-7,17-19H,3,8-16H2,1-2H3. The first-order valence-corrected chi connectivity index (χ1v) is 10.7. The summed E-state index contributed by atoms with van der Waals surface area (Å²) in [5, 5.41) is 0. The average Bonchev–Trinajstić information content (AvgIpc) is 2.99. The first-order chi connectivity index (χ1) is 13.7. The molecule has 1 aromatic rings. The summed E-state index contributed by atoms with van der Waals surface area (Å²) in [6.07, 6.45) is 4.44. The lowest BCUT2D eigenvalue weighted by atomic mass is 9.90. The Kier molecular flexibility index (Phi) is 5.95. The Balaban J connectivity index is 1.29. The van der Waals surface area contributed by atoms with Crippen LogP contribution in [0.4, 0.5) is 10.5 Å². The molecule has 6 heteroatoms. The van der Waals surface area contributed by atoms with Gasteiger partial charge >= 0.3 is 6.09 Å². The molecule has 6 nitrogen and oxygen atoms in total. The lowest BCUT2D eigenvalue weighted by molar-refractivity contribution is 0.0526. The minimum atomic E-state index is -0.0983. The maximum atomic E-state index is 12.3. The number of hydrogen-bond donors (Lipinski definition) is 0. The first-order valence-electron chi connectivity index (χ1n) is 10.7. The van der Waals surface area contributed by atoms with Gasteiger partial charge in [-0.05, 0) is 50.7 Å². The molecule has 2 unspecified atom stereocenters. The van der Waals surface area contributed by atoms with Crippen LogP contribution < -0.4 is 9.64 Å². The number of piperidine rings is 1. The third-order valence-electron chi connectivity index (χ3n) is 6.62. The van der Waals surface area contributed by atoms with Crippen molar-refractivity contribution >= 4 is 11.8 Å². The van der Waals surface area contributed by atoms with Crippen LogP contribution in [0.5, 0.6) is 5.75 Å². The smallest absolute Gasteiger partial charge is 0.410 e. The van der Waals surface area contributed by atoms with E-state index in [0.29, 0.717) is 24.6 Å². The van der Waals surface area contributed by atoms with E-state index in [-0.39, 0.29) is 6.09 Å². The zero-order valence-corrected chi connectivity index (χ0v) is 17.2. The van der Waals surface area contributed by atoms with Gasteiger partial charge in [-0.2, -0.15) is 0 Å². The molecule has 2 atom stereocenters. The summed E-state index contributed by atoms with van der Waals surface area (Å²) in [6, 6.07) is 9.06. The van der Waals surface area contributed by atoms with E-state index >= 15 is 0 Å². The molecule has 1 amide bonds. The van der Waals surface area contributed by atoms with Crippen molar-refractivity contribution < 1.29 is 14.3 Å². The Labute approximate surface area is 168 Å². The number of carbonyl (C=O) groups excluding carboxylic acids is 1. The third-order valence-corrected chi connectivity index (χ3v) is 6.62. The van der Waals surface area contributed by atoms with E-state index in [9.17, 15) is 4.79 Å². The highest BCUT2D eigenvalue weighted by Crippen LogP contribution is 2.39. The van der Waals surface area contributed by atoms with Crippen LogP contribution >= 0.6 is 0 Å². The molecular weight excluding hydrogens is 354 g/mol. The molecule has 0 saturated carbocycles. The van der Waals surface area contributed by atoms with Crippen molar-refractivity contribution in [3.05, 3.63) is 24.3 Å². The van der Waals surface area contributed by atoms with E-state index in [1.165, 1.54) is 5.69 Å². The number of rotatable bonds is 5. The summed E-state index contributed by atoms with van der Waals surface area (Å²) in [5.41, 5.74) is 1.20. The van der Waals surface area contributed by atoms with Gasteiger partial charge in [0.05, 0.1) is 19.4 Å². The van der Waals surface area contributed by atoms with Crippen LogP contribution in [-0.4, -0.2) is 74.4 Å². The van der Waals surface area contributed by atoms with E-state index in [1.807, 2.05) is 24.0 Å². The third kappa shape index (κ3) is 3.93. The fourth-order valence-electron chi connectivity index (χ4n) is 5.36. The quantitative estimate of drug-likeness (QED) is 0.776. The number of nitrogens with zero attached hydrogens (tertiary/aromatic N) is 3. The lowest BCUT2D eigenvalue weighted by Crippen LogP contribution is -2.51. The van der Waals surface area contributed by atoms with Crippen LogP contribution in [0.2, 0.25) is 0 Å². The van der Waals surface area contributed by atoms with Crippen molar-refractivity contribution in [1.29, 1.82) is 0 Å². The first kappa shape index (κ1) is 19.4. The van der Waals surface area contributed by atoms with Crippen LogP contribution in [0.1, 0.15) is 32.6 Å². The minimum Gasteiger partial charge on any atom is -0.495 e. The molecule has 1 aromatic carbocycles. The van der Waals surface area contributed by atoms with Gasteiger partial charge in [0.25, 0.3) is 0 Å². The van der Waals surface area contributed by atoms with Crippen molar-refractivity contribution in [1.82, 2.24) is 9.80 Å². The fourth-order valence-corrected chi connectivity index (χ4v) is 5.36. The highest BCUT2D eigenvalue weighted by molar-refractivity contribution is 5.69. The number of amides is 1. The Hall–Kier alpha value is -1.95. The summed E-state index contributed by atoms with van der Waals surface area (Å²) in [5.74, 6) is 1.65. The number of benzene rings is 1. The molecule has 0 N–H and O–H groups in total. The molecule has 0 radical (unpaired) electrons. The second-order valence-corrected chi connectivity index (χ2v) is 8.29. The molecule has 4 rings (SSSR count). The summed E-state index contributed by atoms with van der Waals surface area (Å²) >= 11 is 0. The number of piperazine rings is 1. The predicted molar refractivity (Wildman–Crippen MR) is 110 cm³/mol. The van der Waals surface area contributed by atoms with Gasteiger partial charge in [0.15, 0.2) is 0 Å². The Bertz CT molecular complexity index is 661. The number of methoxy groups -OCH3 is 1. The molecule has 154 valence electrons. The summed E-state index contributed by atoms with van der Waals surface area (Å²) in [4.78, 5) is 19.3. The molecule has 2 bridgehead atoms. The number of ether oxygens (including phenoxy) is 2. The van der Waals surface area contributed by atoms with E-state index in [4.69, 9.17) is 9.47 Å². The van der Waals surface area contributed by atoms with Crippen molar-refractivity contribution in [2.75, 3.05) is 51.3 Å². The van der Waals surface area contributed by atoms with Gasteiger partial charge in [-0.3, -0.25) is 4.90 Å². The van der Waals surface area contributed by atoms with Crippen LogP contribution in [0.15, 0.2) is 24.3 Å². The van der Waals surface area contributed by atoms with Gasteiger partial charge in [0, 0.05) is 44.8 Å². The average molecular weight is 388 g/mol. The van der Waals surface area contributed by atoms with Crippen molar-refractivity contribution in [3.8, 4) is 5.75 Å². The van der Waals surface area contributed by atoms with E-state index in [1.54, 1.807) is 7.11 Å². The number of para-hydroxylation sites is 2. The summed E-state index contributed by atoms with van der Waals surface area (Å²) in [6.45, 7) is 7.76. The number of fused-ring (bicyclic) bond motifs is 2. The molecule has 0 aliphatic carbocycles. The number of hydrogen-bond acceptors (Lipinski definition) is 5. The maximum absolute atomic E-state index is 12.3. The molecule has 0 spiro atoms. The zero-order chi connectivity index (χ0) is 19.5. The molecule has 3 saturated heterocycles. The van der Waals surface area contributed by atoms with Crippen LogP contribution in [-0.2, 0) is 4.74 Å². The van der Waals surface area contributed by atoms with Gasteiger partial charge in [-0.25, -0.2) is 4.79 Å². The summed E-state index contributed by atoms with van der Waals surface area (Å²) in [7, 11) is 1.74. The lowest BCUT2D eigenvalue weighted by Gasteiger charge is -2.42. The Morgan fingerprint density at radius 3 is 2.39 bits per heavy atom. The van der Waals surface area contributed by atoms with Crippen LogP contribution in [0.25, 0.3) is 0 Å². The molecule has 3 aliphatic heterocycles. The number of anilines is 1. The molecular formula is C22H33N3O3. The van der Waals surface area contributed by atoms with E-state index in [0.717, 1.165) is 64.2 Å². The SMILES string of the molecule is CCOC(=O)N1C2CCC1CC(CN1CCN(c3ccccc3OC)CC1)C2. The second-order valence-electron chi connectivity index (χ2n) is 8.29. The number of carbonyl (C=O) groups is 1. The molecule has 3 heterocycles. The Morgan fingerprint density at radius 1 is 1.07 bits per heavy atom. The second kappa shape index (κ2) is 8.60. The minimum absolute atomic E-state index is 0.0983. The van der Waals surface area contributed by atoms with Crippen molar-refractivity contribution in [3.63, 3.8) is 0 Å². The molecule has 3 fully saturated rings. The zero-order valence-electron chi connectivity index (χ0n) is 17.2. The van der Waals surface area contributed by atoms with E-state index in [2.05, 4.69) is 21.9 Å². The van der Waals surface area contributed by atoms with Crippen molar-refractivity contribution in [2.45, 2.75) is 44.7 Å². The fraction of sp³-hybridized carbons (Fsp3) is 0.682. The predicted octanol–water partition coefficient (Wildman–Crippen LogP) is 3.22. The van der Waals surface area contributed by atoms with Gasteiger partial charge in [-0.1, -0.05) is 12.1 Å². The molecule has 0 aromatic heterocycles. The van der Waals surface area contributed by atoms with E-state index < -0.39 is 0 Å². The maximum Gasteiger partial charge on any atom is 0.410 e. The van der Waals surface area contributed by atoms with Crippen LogP contribution in [0.3, 0.4) is 0 Å². The van der Waals surface area contributed by atoms with Crippen molar-refractivity contribution in [2.24, 2.45) is 5.92 Å². The summed E-state index contributed by atoms with van der Waals surface area (Å²) < 4.78 is 10.8. The molecule has 28 heavy (non-hydrogen) atoms. The Morgan fingerprint density at radius 2 is 1.75 bits per heavy atom. The normalized spacial score (nSPS) is 27.7. The highest BCUT2D eigenvalue weighted by atomic mass is 16.6. The largest absolute Gasteiger partial charge is 0.495 e. The van der Waals surface area contributed by atoms with Gasteiger partial charge in [-0.15, -0.1) is 0 Å². The van der Waals surface area contributed by atoms with Crippen LogP contribution in [0, 0.1) is 5.92 Å². The molecule has 3 aliphatic rings.